The van der Waals surface area contributed by atoms with E-state index in [0.29, 0.717) is 13.2 Å². The van der Waals surface area contributed by atoms with E-state index in [-0.39, 0.29) is 24.0 Å². The van der Waals surface area contributed by atoms with Gasteiger partial charge in [0.15, 0.2) is 17.5 Å². The van der Waals surface area contributed by atoms with Gasteiger partial charge in [0.25, 0.3) is 0 Å². The van der Waals surface area contributed by atoms with E-state index in [4.69, 9.17) is 9.47 Å². The molecule has 0 amide bonds. The van der Waals surface area contributed by atoms with Crippen LogP contribution in [-0.2, 0) is 20.0 Å². The van der Waals surface area contributed by atoms with Crippen LogP contribution in [0.15, 0.2) is 35.6 Å². The molecular weight excluding hydrogens is 457 g/mol. The molecule has 0 fully saturated rings. The van der Waals surface area contributed by atoms with E-state index in [1.807, 2.05) is 32.4 Å². The minimum Gasteiger partial charge on any atom is -0.493 e. The Hall–Kier alpha value is -1.97. The monoisotopic (exact) mass is 487 g/mol. The molecule has 0 unspecified atom stereocenters. The number of rotatable bonds is 9. The Balaban J connectivity index is 0.00000364. The van der Waals surface area contributed by atoms with Crippen LogP contribution >= 0.6 is 24.0 Å². The van der Waals surface area contributed by atoms with Gasteiger partial charge in [-0.05, 0) is 37.5 Å². The predicted molar refractivity (Wildman–Crippen MR) is 119 cm³/mol. The zero-order valence-corrected chi connectivity index (χ0v) is 18.8. The van der Waals surface area contributed by atoms with Crippen molar-refractivity contribution < 1.29 is 9.47 Å². The second-order valence-electron chi connectivity index (χ2n) is 5.90. The lowest BCUT2D eigenvalue weighted by Crippen LogP contribution is -2.37. The predicted octanol–water partition coefficient (Wildman–Crippen LogP) is 2.74. The summed E-state index contributed by atoms with van der Waals surface area (Å²) in [5, 5.41) is 10.8. The number of nitrogens with zero attached hydrogens (tertiary/aromatic N) is 3. The summed E-state index contributed by atoms with van der Waals surface area (Å²) in [6.07, 6.45) is 5.78. The minimum absolute atomic E-state index is 0. The molecule has 2 aromatic rings. The van der Waals surface area contributed by atoms with Crippen molar-refractivity contribution in [1.29, 1.82) is 0 Å². The van der Waals surface area contributed by atoms with E-state index in [1.54, 1.807) is 18.8 Å². The summed E-state index contributed by atoms with van der Waals surface area (Å²) in [6, 6.07) is 6.09. The molecule has 150 valence electrons. The summed E-state index contributed by atoms with van der Waals surface area (Å²) >= 11 is 0. The van der Waals surface area contributed by atoms with Crippen LogP contribution in [0.2, 0.25) is 0 Å². The van der Waals surface area contributed by atoms with Gasteiger partial charge in [0.05, 0.1) is 19.9 Å². The first-order valence-corrected chi connectivity index (χ1v) is 8.88. The molecule has 8 heteroatoms. The average molecular weight is 487 g/mol. The van der Waals surface area contributed by atoms with Crippen LogP contribution in [0.4, 0.5) is 0 Å². The van der Waals surface area contributed by atoms with Crippen LogP contribution in [0.25, 0.3) is 0 Å². The van der Waals surface area contributed by atoms with Crippen LogP contribution in [-0.4, -0.2) is 43.0 Å². The van der Waals surface area contributed by atoms with Gasteiger partial charge in [-0.15, -0.1) is 24.0 Å². The number of benzene rings is 1. The molecule has 2 N–H and O–H groups in total. The van der Waals surface area contributed by atoms with Crippen molar-refractivity contribution in [2.45, 2.75) is 26.3 Å². The van der Waals surface area contributed by atoms with E-state index in [0.717, 1.165) is 42.4 Å². The minimum atomic E-state index is 0. The van der Waals surface area contributed by atoms with Crippen LogP contribution in [0.1, 0.15) is 24.5 Å². The lowest BCUT2D eigenvalue weighted by Gasteiger charge is -2.12. The average Bonchev–Trinajstić information content (AvgIpc) is 3.07. The van der Waals surface area contributed by atoms with Crippen molar-refractivity contribution in [3.8, 4) is 11.5 Å². The van der Waals surface area contributed by atoms with Crippen LogP contribution in [0, 0.1) is 0 Å². The Morgan fingerprint density at radius 1 is 1.22 bits per heavy atom. The van der Waals surface area contributed by atoms with Crippen molar-refractivity contribution in [2.24, 2.45) is 12.0 Å². The van der Waals surface area contributed by atoms with E-state index in [1.165, 1.54) is 5.56 Å². The van der Waals surface area contributed by atoms with Gasteiger partial charge in [0.2, 0.25) is 0 Å². The Labute approximate surface area is 178 Å². The fourth-order valence-corrected chi connectivity index (χ4v) is 2.61. The zero-order chi connectivity index (χ0) is 18.8. The molecule has 0 aliphatic carbocycles. The second-order valence-corrected chi connectivity index (χ2v) is 5.90. The van der Waals surface area contributed by atoms with Crippen LogP contribution in [0.3, 0.4) is 0 Å². The molecule has 0 spiro atoms. The first kappa shape index (κ1) is 23.1. The third kappa shape index (κ3) is 7.66. The van der Waals surface area contributed by atoms with Crippen LogP contribution in [0.5, 0.6) is 11.5 Å². The molecule has 0 bridgehead atoms. The number of nitrogens with one attached hydrogen (secondary N) is 2. The number of methoxy groups -OCH3 is 1. The summed E-state index contributed by atoms with van der Waals surface area (Å²) in [4.78, 5) is 4.25. The number of hydrogen-bond donors (Lipinski definition) is 2. The highest BCUT2D eigenvalue weighted by atomic mass is 127. The number of guanidine groups is 1. The van der Waals surface area contributed by atoms with Gasteiger partial charge in [-0.2, -0.15) is 5.10 Å². The number of halogens is 1. The summed E-state index contributed by atoms with van der Waals surface area (Å²) in [5.74, 6) is 2.36. The molecule has 1 heterocycles. The lowest BCUT2D eigenvalue weighted by molar-refractivity contribution is 0.310. The first-order valence-electron chi connectivity index (χ1n) is 8.88. The van der Waals surface area contributed by atoms with Crippen molar-refractivity contribution in [1.82, 2.24) is 20.4 Å². The van der Waals surface area contributed by atoms with Gasteiger partial charge in [0.1, 0.15) is 0 Å². The standard InChI is InChI=1S/C19H29N5O2.HI/c1-5-26-18-11-15(8-9-17(18)25-4)7-6-10-21-19(20-2)22-12-16-13-23-24(3)14-16;/h8-9,11,13-14H,5-7,10,12H2,1-4H3,(H2,20,21,22);1H. The maximum Gasteiger partial charge on any atom is 0.191 e. The van der Waals surface area contributed by atoms with E-state index < -0.39 is 0 Å². The van der Waals surface area contributed by atoms with Gasteiger partial charge in [-0.25, -0.2) is 0 Å². The SMILES string of the molecule is CCOc1cc(CCCNC(=NC)NCc2cnn(C)c2)ccc1OC.I. The maximum atomic E-state index is 5.63. The molecule has 0 atom stereocenters. The van der Waals surface area contributed by atoms with Crippen molar-refractivity contribution in [3.63, 3.8) is 0 Å². The number of aliphatic imine (C=N–C) groups is 1. The van der Waals surface area contributed by atoms with Crippen molar-refractivity contribution in [2.75, 3.05) is 27.3 Å². The molecule has 2 rings (SSSR count). The Morgan fingerprint density at radius 2 is 2.04 bits per heavy atom. The normalized spacial score (nSPS) is 10.9. The maximum absolute atomic E-state index is 5.63. The van der Waals surface area contributed by atoms with Gasteiger partial charge >= 0.3 is 0 Å². The molecule has 0 saturated heterocycles. The highest BCUT2D eigenvalue weighted by Gasteiger charge is 2.05. The Bertz CT molecular complexity index is 718. The second kappa shape index (κ2) is 12.4. The molecular formula is C19H30IN5O2. The fraction of sp³-hybridized carbons (Fsp3) is 0.474. The summed E-state index contributed by atoms with van der Waals surface area (Å²) in [7, 11) is 5.34. The number of hydrogen-bond acceptors (Lipinski definition) is 4. The number of ether oxygens (including phenoxy) is 2. The van der Waals surface area contributed by atoms with Gasteiger partial charge in [-0.3, -0.25) is 9.67 Å². The molecule has 0 radical (unpaired) electrons. The van der Waals surface area contributed by atoms with Gasteiger partial charge in [0, 0.05) is 38.9 Å². The molecule has 0 aliphatic heterocycles. The Kier molecular flexibility index (Phi) is 10.6. The lowest BCUT2D eigenvalue weighted by atomic mass is 10.1. The van der Waals surface area contributed by atoms with E-state index in [2.05, 4.69) is 32.9 Å². The molecule has 1 aromatic heterocycles. The van der Waals surface area contributed by atoms with Crippen LogP contribution < -0.4 is 20.1 Å². The first-order chi connectivity index (χ1) is 12.7. The molecule has 27 heavy (non-hydrogen) atoms. The highest BCUT2D eigenvalue weighted by Crippen LogP contribution is 2.28. The van der Waals surface area contributed by atoms with Gasteiger partial charge < -0.3 is 20.1 Å². The number of aromatic nitrogens is 2. The third-order valence-electron chi connectivity index (χ3n) is 3.90. The highest BCUT2D eigenvalue weighted by molar-refractivity contribution is 14.0. The zero-order valence-electron chi connectivity index (χ0n) is 16.5. The van der Waals surface area contributed by atoms with Gasteiger partial charge in [-0.1, -0.05) is 6.07 Å². The fourth-order valence-electron chi connectivity index (χ4n) is 2.61. The molecule has 0 saturated carbocycles. The van der Waals surface area contributed by atoms with Crippen molar-refractivity contribution in [3.05, 3.63) is 41.7 Å². The molecule has 0 aliphatic rings. The van der Waals surface area contributed by atoms with E-state index >= 15 is 0 Å². The molecule has 1 aromatic carbocycles. The topological polar surface area (TPSA) is 72.7 Å². The summed E-state index contributed by atoms with van der Waals surface area (Å²) < 4.78 is 12.7. The smallest absolute Gasteiger partial charge is 0.191 e. The molecule has 7 nitrogen and oxygen atoms in total. The summed E-state index contributed by atoms with van der Waals surface area (Å²) in [6.45, 7) is 4.13. The third-order valence-corrected chi connectivity index (χ3v) is 3.90. The summed E-state index contributed by atoms with van der Waals surface area (Å²) in [5.41, 5.74) is 2.35. The largest absolute Gasteiger partial charge is 0.493 e. The Morgan fingerprint density at radius 3 is 2.67 bits per heavy atom. The number of aryl methyl sites for hydroxylation is 2. The van der Waals surface area contributed by atoms with Crippen molar-refractivity contribution >= 4 is 29.9 Å². The van der Waals surface area contributed by atoms with E-state index in [9.17, 15) is 0 Å². The quantitative estimate of drug-likeness (QED) is 0.246.